The third-order valence-corrected chi connectivity index (χ3v) is 7.20. The number of benzene rings is 2. The molecule has 4 aromatic rings. The fourth-order valence-corrected chi connectivity index (χ4v) is 5.12. The van der Waals surface area contributed by atoms with Gasteiger partial charge in [-0.2, -0.15) is 0 Å². The van der Waals surface area contributed by atoms with E-state index in [1.165, 1.54) is 40.6 Å². The van der Waals surface area contributed by atoms with Crippen LogP contribution in [0.2, 0.25) is 5.02 Å². The Morgan fingerprint density at radius 1 is 1.09 bits per heavy atom. The van der Waals surface area contributed by atoms with Crippen molar-refractivity contribution in [1.29, 1.82) is 0 Å². The van der Waals surface area contributed by atoms with Gasteiger partial charge in [0.15, 0.2) is 11.6 Å². The topological polar surface area (TPSA) is 81.2 Å². The minimum absolute atomic E-state index is 0.0739. The van der Waals surface area contributed by atoms with Crippen LogP contribution >= 0.6 is 45.5 Å². The first-order chi connectivity index (χ1) is 15.2. The molecule has 0 bridgehead atoms. The number of nitrogens with one attached hydrogen (secondary N) is 1. The molecule has 164 valence electrons. The largest absolute Gasteiger partial charge is 0.453 e. The molecular weight excluding hydrogens is 595 g/mol. The van der Waals surface area contributed by atoms with E-state index in [2.05, 4.69) is 14.7 Å². The van der Waals surface area contributed by atoms with Crippen molar-refractivity contribution < 1.29 is 21.9 Å². The van der Waals surface area contributed by atoms with E-state index in [1.54, 1.807) is 18.2 Å². The Morgan fingerprint density at radius 3 is 2.59 bits per heavy atom. The van der Waals surface area contributed by atoms with E-state index in [0.717, 1.165) is 12.1 Å². The average molecular weight is 606 g/mol. The number of halogens is 4. The summed E-state index contributed by atoms with van der Waals surface area (Å²) in [4.78, 5) is 7.43. The van der Waals surface area contributed by atoms with Gasteiger partial charge in [-0.3, -0.25) is 9.71 Å². The fourth-order valence-electron chi connectivity index (χ4n) is 2.67. The summed E-state index contributed by atoms with van der Waals surface area (Å²) in [5.74, 6) is -1.18. The van der Waals surface area contributed by atoms with E-state index in [-0.39, 0.29) is 28.2 Å². The Balaban J connectivity index is 1.60. The van der Waals surface area contributed by atoms with E-state index in [9.17, 15) is 17.2 Å². The minimum atomic E-state index is -4.24. The van der Waals surface area contributed by atoms with Gasteiger partial charge in [0.1, 0.15) is 22.3 Å². The zero-order valence-electron chi connectivity index (χ0n) is 15.7. The Morgan fingerprint density at radius 2 is 1.91 bits per heavy atom. The maximum absolute atomic E-state index is 14.7. The van der Waals surface area contributed by atoms with Crippen molar-refractivity contribution in [2.75, 3.05) is 4.72 Å². The summed E-state index contributed by atoms with van der Waals surface area (Å²) in [5, 5.41) is 1.35. The van der Waals surface area contributed by atoms with Crippen molar-refractivity contribution in [3.63, 3.8) is 0 Å². The lowest BCUT2D eigenvalue weighted by atomic mass is 10.1. The first-order valence-electron chi connectivity index (χ1n) is 8.72. The molecule has 0 fully saturated rings. The smallest absolute Gasteiger partial charge is 0.266 e. The monoisotopic (exact) mass is 605 g/mol. The second kappa shape index (κ2) is 9.25. The van der Waals surface area contributed by atoms with Crippen LogP contribution in [-0.4, -0.2) is 18.4 Å². The van der Waals surface area contributed by atoms with Crippen molar-refractivity contribution in [1.82, 2.24) is 9.97 Å². The van der Waals surface area contributed by atoms with Crippen molar-refractivity contribution in [3.05, 3.63) is 79.8 Å². The molecular formula is C20H11ClF2IN3O3S2. The highest BCUT2D eigenvalue weighted by atomic mass is 127. The molecule has 1 N–H and O–H groups in total. The van der Waals surface area contributed by atoms with Crippen molar-refractivity contribution in [2.45, 2.75) is 4.90 Å². The molecule has 0 saturated carbocycles. The third kappa shape index (κ3) is 5.00. The van der Waals surface area contributed by atoms with Gasteiger partial charge >= 0.3 is 0 Å². The number of hydrogen-bond acceptors (Lipinski definition) is 6. The first-order valence-corrected chi connectivity index (χ1v) is 12.6. The molecule has 0 saturated heterocycles. The quantitative estimate of drug-likeness (QED) is 0.260. The molecule has 0 radical (unpaired) electrons. The van der Waals surface area contributed by atoms with Crippen LogP contribution < -0.4 is 9.46 Å². The Hall–Kier alpha value is -2.35. The highest BCUT2D eigenvalue weighted by Crippen LogP contribution is 2.36. The van der Waals surface area contributed by atoms with Gasteiger partial charge in [0, 0.05) is 17.0 Å². The van der Waals surface area contributed by atoms with Crippen LogP contribution in [0.1, 0.15) is 0 Å². The van der Waals surface area contributed by atoms with Crippen LogP contribution in [0.25, 0.3) is 11.3 Å². The molecule has 32 heavy (non-hydrogen) atoms. The molecule has 0 aliphatic carbocycles. The lowest BCUT2D eigenvalue weighted by Gasteiger charge is -2.13. The number of ether oxygens (including phenoxy) is 1. The third-order valence-electron chi connectivity index (χ3n) is 4.11. The molecule has 6 nitrogen and oxygen atoms in total. The van der Waals surface area contributed by atoms with Crippen molar-refractivity contribution in [2.24, 2.45) is 0 Å². The lowest BCUT2D eigenvalue weighted by Crippen LogP contribution is -2.15. The minimum Gasteiger partial charge on any atom is -0.453 e. The van der Waals surface area contributed by atoms with Gasteiger partial charge < -0.3 is 4.74 Å². The van der Waals surface area contributed by atoms with Crippen LogP contribution in [-0.2, 0) is 10.0 Å². The number of anilines is 1. The number of thiazole rings is 1. The lowest BCUT2D eigenvalue weighted by molar-refractivity contribution is 0.468. The van der Waals surface area contributed by atoms with Gasteiger partial charge in [-0.15, -0.1) is 11.3 Å². The van der Waals surface area contributed by atoms with Crippen LogP contribution in [0.4, 0.5) is 14.6 Å². The summed E-state index contributed by atoms with van der Waals surface area (Å²) in [5.41, 5.74) is 2.54. The molecule has 0 unspecified atom stereocenters. The molecule has 12 heteroatoms. The number of nitrogens with zero attached hydrogens (tertiary/aromatic N) is 2. The Bertz CT molecular complexity index is 1400. The molecule has 0 aliphatic heterocycles. The molecule has 0 aliphatic rings. The first kappa shape index (κ1) is 22.8. The van der Waals surface area contributed by atoms with E-state index >= 15 is 0 Å². The van der Waals surface area contributed by atoms with Gasteiger partial charge in [0.05, 0.1) is 26.0 Å². The van der Waals surface area contributed by atoms with Crippen LogP contribution in [0.3, 0.4) is 0 Å². The number of rotatable bonds is 6. The van der Waals surface area contributed by atoms with Gasteiger partial charge in [0.2, 0.25) is 0 Å². The van der Waals surface area contributed by atoms with Gasteiger partial charge in [-0.1, -0.05) is 23.7 Å². The summed E-state index contributed by atoms with van der Waals surface area (Å²) in [6.07, 6.45) is 1.39. The molecule has 4 rings (SSSR count). The zero-order chi connectivity index (χ0) is 22.9. The summed E-state index contributed by atoms with van der Waals surface area (Å²) in [6, 6.07) is 9.49. The predicted molar refractivity (Wildman–Crippen MR) is 127 cm³/mol. The molecule has 0 atom stereocenters. The predicted octanol–water partition coefficient (Wildman–Crippen LogP) is 6.33. The fraction of sp³-hybridized carbons (Fsp3) is 0. The number of sulfonamides is 1. The highest BCUT2D eigenvalue weighted by molar-refractivity contribution is 14.1. The van der Waals surface area contributed by atoms with E-state index < -0.39 is 20.7 Å². The summed E-state index contributed by atoms with van der Waals surface area (Å²) in [7, 11) is -4.24. The molecule has 2 aromatic carbocycles. The van der Waals surface area contributed by atoms with Gasteiger partial charge in [0.25, 0.3) is 10.0 Å². The van der Waals surface area contributed by atoms with E-state index in [1.807, 2.05) is 22.6 Å². The average Bonchev–Trinajstić information content (AvgIpc) is 3.24. The summed E-state index contributed by atoms with van der Waals surface area (Å²) >= 11 is 9.35. The number of pyridine rings is 1. The Labute approximate surface area is 204 Å². The molecule has 2 aromatic heterocycles. The van der Waals surface area contributed by atoms with Crippen LogP contribution in [0, 0.1) is 15.2 Å². The summed E-state index contributed by atoms with van der Waals surface area (Å²) in [6.45, 7) is 0. The zero-order valence-corrected chi connectivity index (χ0v) is 20.3. The number of aromatic nitrogens is 2. The summed E-state index contributed by atoms with van der Waals surface area (Å²) < 4.78 is 61.5. The maximum atomic E-state index is 14.7. The van der Waals surface area contributed by atoms with Crippen LogP contribution in [0.5, 0.6) is 11.5 Å². The van der Waals surface area contributed by atoms with E-state index in [4.69, 9.17) is 16.3 Å². The SMILES string of the molecule is O=S(=O)(Nc1cscn1)c1cc(Cl)c(Oc2cnc(-c3cccc(F)c3)cc2I)cc1F. The van der Waals surface area contributed by atoms with Crippen LogP contribution in [0.15, 0.2) is 64.4 Å². The van der Waals surface area contributed by atoms with Crippen molar-refractivity contribution in [3.8, 4) is 22.8 Å². The second-order valence-corrected chi connectivity index (χ2v) is 10.2. The van der Waals surface area contributed by atoms with Crippen molar-refractivity contribution >= 4 is 61.4 Å². The van der Waals surface area contributed by atoms with E-state index in [0.29, 0.717) is 14.8 Å². The normalized spacial score (nSPS) is 11.4. The molecule has 2 heterocycles. The number of hydrogen-bond donors (Lipinski definition) is 1. The second-order valence-electron chi connectivity index (χ2n) is 6.30. The molecule has 0 spiro atoms. The molecule has 0 amide bonds. The highest BCUT2D eigenvalue weighted by Gasteiger charge is 2.23. The van der Waals surface area contributed by atoms with Gasteiger partial charge in [-0.05, 0) is 46.9 Å². The van der Waals surface area contributed by atoms with Gasteiger partial charge in [-0.25, -0.2) is 22.2 Å². The maximum Gasteiger partial charge on any atom is 0.266 e. The Kier molecular flexibility index (Phi) is 6.60. The standard InChI is InChI=1S/C20H11ClF2IN3O3S2/c21-13-5-19(32(28,29)27-20-9-31-10-26-20)14(23)6-17(13)30-18-8-25-16(7-15(18)24)11-2-1-3-12(22)4-11/h1-10,27H.